The Morgan fingerprint density at radius 2 is 2.00 bits per heavy atom. The van der Waals surface area contributed by atoms with Crippen molar-refractivity contribution in [3.8, 4) is 11.3 Å². The number of aromatic nitrogens is 1. The number of rotatable bonds is 2. The molecule has 2 rings (SSSR count). The first-order valence-corrected chi connectivity index (χ1v) is 6.16. The summed E-state index contributed by atoms with van der Waals surface area (Å²) < 4.78 is 4.25. The molecule has 0 saturated carbocycles. The number of nitrogens with zero attached hydrogens (tertiary/aromatic N) is 1. The van der Waals surface area contributed by atoms with E-state index in [9.17, 15) is 0 Å². The van der Waals surface area contributed by atoms with Crippen LogP contribution in [0.2, 0.25) is 0 Å². The average Bonchev–Trinajstić information content (AvgIpc) is 2.65. The first kappa shape index (κ1) is 9.55. The van der Waals surface area contributed by atoms with Crippen LogP contribution in [0.4, 0.5) is 5.00 Å². The summed E-state index contributed by atoms with van der Waals surface area (Å²) in [6.07, 6.45) is 2.07. The Morgan fingerprint density at radius 3 is 2.50 bits per heavy atom. The lowest BCUT2D eigenvalue weighted by Crippen LogP contribution is -1.77. The predicted molar refractivity (Wildman–Crippen MR) is 63.7 cm³/mol. The molecule has 0 aliphatic carbocycles. The van der Waals surface area contributed by atoms with E-state index >= 15 is 0 Å². The lowest BCUT2D eigenvalue weighted by Gasteiger charge is -1.98. The van der Waals surface area contributed by atoms with E-state index in [0.717, 1.165) is 16.3 Å². The van der Waals surface area contributed by atoms with Gasteiger partial charge in [0.15, 0.2) is 0 Å². The van der Waals surface area contributed by atoms with Crippen LogP contribution < -0.4 is 5.73 Å². The molecule has 1 aromatic carbocycles. The number of hydrogen-bond donors (Lipinski definition) is 1. The number of nitrogen functional groups attached to an aromatic ring is 1. The molecule has 1 aromatic heterocycles. The third-order valence-electron chi connectivity index (χ3n) is 1.91. The van der Waals surface area contributed by atoms with Crippen molar-refractivity contribution in [2.24, 2.45) is 0 Å². The van der Waals surface area contributed by atoms with Gasteiger partial charge in [0.25, 0.3) is 0 Å². The molecule has 0 fully saturated rings. The molecule has 2 aromatic rings. The van der Waals surface area contributed by atoms with Gasteiger partial charge in [-0.2, -0.15) is 4.37 Å². The number of benzene rings is 1. The van der Waals surface area contributed by atoms with Crippen LogP contribution in [0.5, 0.6) is 0 Å². The van der Waals surface area contributed by atoms with Crippen molar-refractivity contribution < 1.29 is 0 Å². The van der Waals surface area contributed by atoms with Gasteiger partial charge in [-0.05, 0) is 29.9 Å². The van der Waals surface area contributed by atoms with Gasteiger partial charge in [0.2, 0.25) is 0 Å². The van der Waals surface area contributed by atoms with Gasteiger partial charge in [0.1, 0.15) is 5.00 Å². The summed E-state index contributed by atoms with van der Waals surface area (Å²) in [6.45, 7) is 0. The van der Waals surface area contributed by atoms with Gasteiger partial charge in [-0.15, -0.1) is 11.8 Å². The normalized spacial score (nSPS) is 10.4. The summed E-state index contributed by atoms with van der Waals surface area (Å²) in [6, 6.07) is 10.2. The van der Waals surface area contributed by atoms with Crippen LogP contribution in [0.15, 0.2) is 35.2 Å². The molecule has 2 nitrogen and oxygen atoms in total. The molecule has 1 heterocycles. The minimum atomic E-state index is 0.758. The van der Waals surface area contributed by atoms with Gasteiger partial charge < -0.3 is 5.73 Å². The zero-order valence-electron chi connectivity index (χ0n) is 7.73. The molecule has 0 aliphatic heterocycles. The maximum Gasteiger partial charge on any atom is 0.107 e. The van der Waals surface area contributed by atoms with Crippen LogP contribution in [0, 0.1) is 0 Å². The van der Waals surface area contributed by atoms with Gasteiger partial charge >= 0.3 is 0 Å². The minimum Gasteiger partial charge on any atom is -0.389 e. The predicted octanol–water partition coefficient (Wildman–Crippen LogP) is 3.11. The first-order chi connectivity index (χ1) is 6.79. The third kappa shape index (κ3) is 1.91. The van der Waals surface area contributed by atoms with Crippen LogP contribution in [-0.4, -0.2) is 10.6 Å². The summed E-state index contributed by atoms with van der Waals surface area (Å²) in [7, 11) is 0. The Hall–Kier alpha value is -1.00. The molecule has 72 valence electrons. The molecule has 0 unspecified atom stereocenters. The van der Waals surface area contributed by atoms with E-state index in [1.165, 1.54) is 16.4 Å². The topological polar surface area (TPSA) is 38.9 Å². The van der Waals surface area contributed by atoms with Gasteiger partial charge in [0.05, 0.1) is 5.69 Å². The summed E-state index contributed by atoms with van der Waals surface area (Å²) in [5.74, 6) is 0. The first-order valence-electron chi connectivity index (χ1n) is 4.16. The van der Waals surface area contributed by atoms with E-state index in [1.54, 1.807) is 11.8 Å². The Bertz CT molecular complexity index is 420. The summed E-state index contributed by atoms with van der Waals surface area (Å²) in [5.41, 5.74) is 7.70. The van der Waals surface area contributed by atoms with Crippen molar-refractivity contribution in [2.75, 3.05) is 12.0 Å². The van der Waals surface area contributed by atoms with Crippen molar-refractivity contribution in [2.45, 2.75) is 4.90 Å². The fraction of sp³-hybridized carbons (Fsp3) is 0.100. The van der Waals surface area contributed by atoms with Crippen molar-refractivity contribution in [3.05, 3.63) is 30.3 Å². The van der Waals surface area contributed by atoms with E-state index in [0.29, 0.717) is 0 Å². The Labute approximate surface area is 91.3 Å². The third-order valence-corrected chi connectivity index (χ3v) is 3.27. The van der Waals surface area contributed by atoms with Gasteiger partial charge in [0, 0.05) is 16.5 Å². The number of thioether (sulfide) groups is 1. The fourth-order valence-electron chi connectivity index (χ4n) is 1.19. The SMILES string of the molecule is CSc1ccc(-c2cc(N)sn2)cc1. The molecule has 0 amide bonds. The highest BCUT2D eigenvalue weighted by molar-refractivity contribution is 7.98. The fourth-order valence-corrected chi connectivity index (χ4v) is 2.12. The molecule has 0 spiro atoms. The van der Waals surface area contributed by atoms with Crippen LogP contribution in [0.3, 0.4) is 0 Å². The van der Waals surface area contributed by atoms with Crippen LogP contribution in [0.1, 0.15) is 0 Å². The standard InChI is InChI=1S/C10H10N2S2/c1-13-8-4-2-7(3-5-8)9-6-10(11)14-12-9/h2-6H,11H2,1H3. The van der Waals surface area contributed by atoms with Crippen molar-refractivity contribution in [3.63, 3.8) is 0 Å². The molecule has 0 aliphatic rings. The Kier molecular flexibility index (Phi) is 2.74. The second-order valence-corrected chi connectivity index (χ2v) is 4.56. The van der Waals surface area contributed by atoms with Crippen LogP contribution in [0.25, 0.3) is 11.3 Å². The van der Waals surface area contributed by atoms with E-state index in [4.69, 9.17) is 5.73 Å². The smallest absolute Gasteiger partial charge is 0.107 e. The van der Waals surface area contributed by atoms with Crippen LogP contribution in [-0.2, 0) is 0 Å². The van der Waals surface area contributed by atoms with Gasteiger partial charge in [-0.25, -0.2) is 0 Å². The van der Waals surface area contributed by atoms with Crippen LogP contribution >= 0.6 is 23.3 Å². The maximum absolute atomic E-state index is 5.62. The van der Waals surface area contributed by atoms with E-state index < -0.39 is 0 Å². The molecule has 0 bridgehead atoms. The monoisotopic (exact) mass is 222 g/mol. The van der Waals surface area contributed by atoms with E-state index in [1.807, 2.05) is 6.07 Å². The molecule has 2 N–H and O–H groups in total. The highest BCUT2D eigenvalue weighted by Gasteiger charge is 2.01. The lowest BCUT2D eigenvalue weighted by atomic mass is 10.1. The number of anilines is 1. The second-order valence-electron chi connectivity index (χ2n) is 2.84. The highest BCUT2D eigenvalue weighted by Crippen LogP contribution is 2.25. The summed E-state index contributed by atoms with van der Waals surface area (Å²) in [4.78, 5) is 1.26. The molecule has 0 radical (unpaired) electrons. The van der Waals surface area contributed by atoms with Crippen molar-refractivity contribution >= 4 is 28.3 Å². The largest absolute Gasteiger partial charge is 0.389 e. The lowest BCUT2D eigenvalue weighted by molar-refractivity contribution is 1.44. The second kappa shape index (κ2) is 4.02. The highest BCUT2D eigenvalue weighted by atomic mass is 32.2. The molecular weight excluding hydrogens is 212 g/mol. The molecule has 0 saturated heterocycles. The van der Waals surface area contributed by atoms with Gasteiger partial charge in [-0.3, -0.25) is 0 Å². The molecule has 14 heavy (non-hydrogen) atoms. The minimum absolute atomic E-state index is 0.758. The molecule has 0 atom stereocenters. The number of nitrogens with two attached hydrogens (primary N) is 1. The maximum atomic E-state index is 5.62. The zero-order chi connectivity index (χ0) is 9.97. The quantitative estimate of drug-likeness (QED) is 0.793. The number of hydrogen-bond acceptors (Lipinski definition) is 4. The van der Waals surface area contributed by atoms with Gasteiger partial charge in [-0.1, -0.05) is 12.1 Å². The van der Waals surface area contributed by atoms with E-state index in [-0.39, 0.29) is 0 Å². The Morgan fingerprint density at radius 1 is 1.29 bits per heavy atom. The van der Waals surface area contributed by atoms with Crippen molar-refractivity contribution in [1.82, 2.24) is 4.37 Å². The van der Waals surface area contributed by atoms with Crippen molar-refractivity contribution in [1.29, 1.82) is 0 Å². The summed E-state index contributed by atoms with van der Waals surface area (Å²) >= 11 is 3.07. The molecular formula is C10H10N2S2. The average molecular weight is 222 g/mol. The molecule has 4 heteroatoms. The summed E-state index contributed by atoms with van der Waals surface area (Å²) in [5, 5.41) is 0.758. The zero-order valence-corrected chi connectivity index (χ0v) is 9.36. The van der Waals surface area contributed by atoms with E-state index in [2.05, 4.69) is 34.9 Å². The Balaban J connectivity index is 2.33.